The molecule has 6 heteroatoms. The van der Waals surface area contributed by atoms with E-state index in [0.29, 0.717) is 12.6 Å². The monoisotopic (exact) mass is 386 g/mol. The molecule has 2 heterocycles. The molecular formula is C22H34N4O2. The minimum Gasteiger partial charge on any atom is -0.339 e. The van der Waals surface area contributed by atoms with Gasteiger partial charge in [0.2, 0.25) is 11.8 Å². The van der Waals surface area contributed by atoms with Crippen molar-refractivity contribution in [2.24, 2.45) is 0 Å². The lowest BCUT2D eigenvalue weighted by molar-refractivity contribution is -0.136. The van der Waals surface area contributed by atoms with Crippen molar-refractivity contribution in [2.45, 2.75) is 52.1 Å². The SMILES string of the molecule is Cc1cccc(NC(=O)C(C)N2CCN(CC(=O)N3CCCCC3C)CC2)c1. The second kappa shape index (κ2) is 9.52. The predicted octanol–water partition coefficient (Wildman–Crippen LogP) is 2.34. The van der Waals surface area contributed by atoms with Gasteiger partial charge in [-0.15, -0.1) is 0 Å². The van der Waals surface area contributed by atoms with Crippen LogP contribution in [0, 0.1) is 6.92 Å². The van der Waals surface area contributed by atoms with Gasteiger partial charge in [0.1, 0.15) is 0 Å². The predicted molar refractivity (Wildman–Crippen MR) is 112 cm³/mol. The van der Waals surface area contributed by atoms with E-state index in [2.05, 4.69) is 22.0 Å². The van der Waals surface area contributed by atoms with E-state index in [1.54, 1.807) is 0 Å². The van der Waals surface area contributed by atoms with Crippen LogP contribution in [0.5, 0.6) is 0 Å². The van der Waals surface area contributed by atoms with Crippen LogP contribution in [0.3, 0.4) is 0 Å². The molecule has 0 saturated carbocycles. The fourth-order valence-electron chi connectivity index (χ4n) is 4.19. The highest BCUT2D eigenvalue weighted by atomic mass is 16.2. The molecule has 0 spiro atoms. The van der Waals surface area contributed by atoms with Crippen molar-refractivity contribution in [3.05, 3.63) is 29.8 Å². The lowest BCUT2D eigenvalue weighted by Crippen LogP contribution is -2.55. The van der Waals surface area contributed by atoms with Gasteiger partial charge in [-0.05, 0) is 57.7 Å². The second-order valence-electron chi connectivity index (χ2n) is 8.28. The summed E-state index contributed by atoms with van der Waals surface area (Å²) in [5, 5.41) is 3.02. The summed E-state index contributed by atoms with van der Waals surface area (Å²) in [5.74, 6) is 0.281. The average Bonchev–Trinajstić information content (AvgIpc) is 2.68. The van der Waals surface area contributed by atoms with Gasteiger partial charge in [-0.1, -0.05) is 12.1 Å². The molecule has 2 aliphatic rings. The second-order valence-corrected chi connectivity index (χ2v) is 8.28. The number of benzene rings is 1. The third-order valence-corrected chi connectivity index (χ3v) is 6.10. The Hall–Kier alpha value is -1.92. The summed E-state index contributed by atoms with van der Waals surface area (Å²) in [7, 11) is 0. The minimum atomic E-state index is -0.180. The fourth-order valence-corrected chi connectivity index (χ4v) is 4.19. The number of anilines is 1. The van der Waals surface area contributed by atoms with Crippen LogP contribution in [0.4, 0.5) is 5.69 Å². The van der Waals surface area contributed by atoms with Crippen LogP contribution >= 0.6 is 0 Å². The van der Waals surface area contributed by atoms with Crippen LogP contribution < -0.4 is 5.32 Å². The number of hydrogen-bond acceptors (Lipinski definition) is 4. The maximum absolute atomic E-state index is 12.6. The normalized spacial score (nSPS) is 22.7. The zero-order valence-corrected chi connectivity index (χ0v) is 17.5. The molecule has 6 nitrogen and oxygen atoms in total. The Morgan fingerprint density at radius 3 is 2.57 bits per heavy atom. The van der Waals surface area contributed by atoms with E-state index >= 15 is 0 Å². The van der Waals surface area contributed by atoms with Crippen molar-refractivity contribution in [3.63, 3.8) is 0 Å². The zero-order valence-electron chi connectivity index (χ0n) is 17.5. The molecule has 0 aromatic heterocycles. The molecule has 1 aromatic carbocycles. The molecule has 2 saturated heterocycles. The summed E-state index contributed by atoms with van der Waals surface area (Å²) in [6.45, 7) is 10.8. The van der Waals surface area contributed by atoms with E-state index in [4.69, 9.17) is 0 Å². The summed E-state index contributed by atoms with van der Waals surface area (Å²) in [6, 6.07) is 8.06. The van der Waals surface area contributed by atoms with Gasteiger partial charge in [0, 0.05) is 44.5 Å². The molecule has 1 aromatic rings. The van der Waals surface area contributed by atoms with Gasteiger partial charge in [-0.2, -0.15) is 0 Å². The van der Waals surface area contributed by atoms with Gasteiger partial charge in [0.15, 0.2) is 0 Å². The van der Waals surface area contributed by atoms with Crippen LogP contribution in [-0.4, -0.2) is 77.9 Å². The van der Waals surface area contributed by atoms with Crippen LogP contribution in [0.2, 0.25) is 0 Å². The first-order chi connectivity index (χ1) is 13.4. The van der Waals surface area contributed by atoms with E-state index < -0.39 is 0 Å². The highest BCUT2D eigenvalue weighted by Gasteiger charge is 2.29. The minimum absolute atomic E-state index is 0.0252. The Balaban J connectivity index is 1.45. The lowest BCUT2D eigenvalue weighted by atomic mass is 10.0. The number of carbonyl (C=O) groups excluding carboxylic acids is 2. The molecule has 154 valence electrons. The van der Waals surface area contributed by atoms with Gasteiger partial charge in [-0.3, -0.25) is 19.4 Å². The maximum atomic E-state index is 12.6. The van der Waals surface area contributed by atoms with Crippen molar-refractivity contribution in [1.82, 2.24) is 14.7 Å². The number of piperidine rings is 1. The summed E-state index contributed by atoms with van der Waals surface area (Å²) < 4.78 is 0. The molecule has 2 fully saturated rings. The smallest absolute Gasteiger partial charge is 0.241 e. The first kappa shape index (κ1) is 20.8. The van der Waals surface area contributed by atoms with Crippen molar-refractivity contribution < 1.29 is 9.59 Å². The van der Waals surface area contributed by atoms with Gasteiger partial charge >= 0.3 is 0 Å². The van der Waals surface area contributed by atoms with Crippen LogP contribution in [0.15, 0.2) is 24.3 Å². The molecule has 0 aliphatic carbocycles. The molecule has 2 aliphatic heterocycles. The molecular weight excluding hydrogens is 352 g/mol. The van der Waals surface area contributed by atoms with Gasteiger partial charge in [0.25, 0.3) is 0 Å². The standard InChI is InChI=1S/C22H34N4O2/c1-17-7-6-9-20(15-17)23-22(28)19(3)25-13-11-24(12-14-25)16-21(27)26-10-5-4-8-18(26)2/h6-7,9,15,18-19H,4-5,8,10-14,16H2,1-3H3,(H,23,28). The fraction of sp³-hybridized carbons (Fsp3) is 0.636. The number of piperazine rings is 1. The van der Waals surface area contributed by atoms with E-state index in [9.17, 15) is 9.59 Å². The van der Waals surface area contributed by atoms with E-state index in [-0.39, 0.29) is 17.9 Å². The number of hydrogen-bond donors (Lipinski definition) is 1. The van der Waals surface area contributed by atoms with Crippen molar-refractivity contribution in [1.29, 1.82) is 0 Å². The number of likely N-dealkylation sites (tertiary alicyclic amines) is 1. The highest BCUT2D eigenvalue weighted by Crippen LogP contribution is 2.17. The Morgan fingerprint density at radius 1 is 1.14 bits per heavy atom. The third-order valence-electron chi connectivity index (χ3n) is 6.10. The lowest BCUT2D eigenvalue weighted by Gasteiger charge is -2.39. The Kier molecular flexibility index (Phi) is 7.08. The van der Waals surface area contributed by atoms with Crippen LogP contribution in [0.1, 0.15) is 38.7 Å². The number of nitrogens with one attached hydrogen (secondary N) is 1. The molecule has 0 radical (unpaired) electrons. The maximum Gasteiger partial charge on any atom is 0.241 e. The molecule has 1 N–H and O–H groups in total. The first-order valence-electron chi connectivity index (χ1n) is 10.6. The first-order valence-corrected chi connectivity index (χ1v) is 10.6. The van der Waals surface area contributed by atoms with Crippen molar-refractivity contribution >= 4 is 17.5 Å². The van der Waals surface area contributed by atoms with Crippen molar-refractivity contribution in [2.75, 3.05) is 44.6 Å². The van der Waals surface area contributed by atoms with Gasteiger partial charge < -0.3 is 10.2 Å². The third kappa shape index (κ3) is 5.32. The molecule has 28 heavy (non-hydrogen) atoms. The van der Waals surface area contributed by atoms with Gasteiger partial charge in [0.05, 0.1) is 12.6 Å². The molecule has 2 atom stereocenters. The van der Waals surface area contributed by atoms with Crippen LogP contribution in [-0.2, 0) is 9.59 Å². The topological polar surface area (TPSA) is 55.9 Å². The summed E-state index contributed by atoms with van der Waals surface area (Å²) in [6.07, 6.45) is 3.47. The van der Waals surface area contributed by atoms with E-state index in [1.165, 1.54) is 6.42 Å². The highest BCUT2D eigenvalue weighted by molar-refractivity contribution is 5.94. The Bertz CT molecular complexity index is 685. The Morgan fingerprint density at radius 2 is 1.89 bits per heavy atom. The number of amides is 2. The Labute approximate surface area is 168 Å². The van der Waals surface area contributed by atoms with Crippen molar-refractivity contribution in [3.8, 4) is 0 Å². The van der Waals surface area contributed by atoms with E-state index in [1.807, 2.05) is 43.0 Å². The zero-order chi connectivity index (χ0) is 20.1. The largest absolute Gasteiger partial charge is 0.339 e. The molecule has 2 amide bonds. The van der Waals surface area contributed by atoms with Crippen LogP contribution in [0.25, 0.3) is 0 Å². The van der Waals surface area contributed by atoms with E-state index in [0.717, 1.165) is 56.8 Å². The number of rotatable bonds is 5. The number of carbonyl (C=O) groups is 2. The quantitative estimate of drug-likeness (QED) is 0.844. The summed E-state index contributed by atoms with van der Waals surface area (Å²) in [5.41, 5.74) is 1.98. The average molecular weight is 387 g/mol. The summed E-state index contributed by atoms with van der Waals surface area (Å²) >= 11 is 0. The summed E-state index contributed by atoms with van der Waals surface area (Å²) in [4.78, 5) is 31.7. The molecule has 0 bridgehead atoms. The molecule has 2 unspecified atom stereocenters. The number of nitrogens with zero attached hydrogens (tertiary/aromatic N) is 3. The van der Waals surface area contributed by atoms with Gasteiger partial charge in [-0.25, -0.2) is 0 Å². The molecule has 3 rings (SSSR count). The number of aryl methyl sites for hydroxylation is 1.